The lowest BCUT2D eigenvalue weighted by Crippen LogP contribution is -2.69. The molecule has 0 saturated carbocycles. The van der Waals surface area contributed by atoms with Gasteiger partial charge in [-0.15, -0.1) is 11.8 Å². The Morgan fingerprint density at radius 3 is 2.73 bits per heavy atom. The molecule has 22 heavy (non-hydrogen) atoms. The van der Waals surface area contributed by atoms with Crippen molar-refractivity contribution >= 4 is 23.6 Å². The first kappa shape index (κ1) is 15.0. The van der Waals surface area contributed by atoms with E-state index in [2.05, 4.69) is 4.98 Å². The molecule has 1 aromatic heterocycles. The van der Waals surface area contributed by atoms with Gasteiger partial charge in [0.05, 0.1) is 11.7 Å². The predicted octanol–water partition coefficient (Wildman–Crippen LogP) is -1.77. The van der Waals surface area contributed by atoms with Gasteiger partial charge in [-0.25, -0.2) is 4.98 Å². The van der Waals surface area contributed by atoms with Crippen molar-refractivity contribution in [3.05, 3.63) is 35.1 Å². The SMILES string of the molecule is Cc1c[n+](CC2=C(C(=O)[O-])N3C(=O)C(N)[C@H]3SC2)cc(C)n1. The molecular formula is C14H16N4O3S. The van der Waals surface area contributed by atoms with Gasteiger partial charge >= 0.3 is 0 Å². The zero-order valence-corrected chi connectivity index (χ0v) is 13.1. The minimum Gasteiger partial charge on any atom is -0.543 e. The Kier molecular flexibility index (Phi) is 3.65. The summed E-state index contributed by atoms with van der Waals surface area (Å²) in [5.74, 6) is -1.18. The Labute approximate surface area is 131 Å². The fourth-order valence-corrected chi connectivity index (χ4v) is 4.14. The molecule has 0 bridgehead atoms. The van der Waals surface area contributed by atoms with E-state index in [-0.39, 0.29) is 17.0 Å². The standard InChI is InChI=1S/C14H16N4O3S/c1-7-3-17(4-8(2)16-7)5-9-6-22-13-10(15)12(19)18(13)11(9)14(20)21/h3-4,10,13H,5-6,15H2,1-2H3/t10?,13-/m1/s1. The summed E-state index contributed by atoms with van der Waals surface area (Å²) in [5, 5.41) is 11.2. The predicted molar refractivity (Wildman–Crippen MR) is 77.0 cm³/mol. The van der Waals surface area contributed by atoms with E-state index in [9.17, 15) is 14.7 Å². The number of thioether (sulfide) groups is 1. The molecule has 0 spiro atoms. The highest BCUT2D eigenvalue weighted by Crippen LogP contribution is 2.39. The number of carboxylic acid groups (broad SMARTS) is 1. The number of hydrogen-bond donors (Lipinski definition) is 1. The first-order chi connectivity index (χ1) is 10.4. The molecule has 0 aliphatic carbocycles. The van der Waals surface area contributed by atoms with Crippen LogP contribution in [0.2, 0.25) is 0 Å². The Morgan fingerprint density at radius 2 is 2.14 bits per heavy atom. The van der Waals surface area contributed by atoms with E-state index in [4.69, 9.17) is 5.73 Å². The molecule has 1 amide bonds. The highest BCUT2D eigenvalue weighted by atomic mass is 32.2. The molecule has 8 heteroatoms. The van der Waals surface area contributed by atoms with Gasteiger partial charge in [0, 0.05) is 11.3 Å². The fraction of sp³-hybridized carbons (Fsp3) is 0.429. The van der Waals surface area contributed by atoms with E-state index in [0.29, 0.717) is 17.9 Å². The van der Waals surface area contributed by atoms with Crippen molar-refractivity contribution in [1.29, 1.82) is 0 Å². The van der Waals surface area contributed by atoms with Gasteiger partial charge in [0.25, 0.3) is 0 Å². The third kappa shape index (κ3) is 2.38. The third-order valence-electron chi connectivity index (χ3n) is 3.71. The Hall–Kier alpha value is -1.93. The minimum absolute atomic E-state index is 0.0323. The average molecular weight is 320 g/mol. The summed E-state index contributed by atoms with van der Waals surface area (Å²) in [6.07, 6.45) is 3.68. The number of aryl methyl sites for hydroxylation is 2. The Balaban J connectivity index is 1.96. The number of carbonyl (C=O) groups excluding carboxylic acids is 2. The number of rotatable bonds is 3. The van der Waals surface area contributed by atoms with Crippen LogP contribution in [0, 0.1) is 13.8 Å². The minimum atomic E-state index is -1.33. The van der Waals surface area contributed by atoms with Gasteiger partial charge in [-0.05, 0) is 13.8 Å². The highest BCUT2D eigenvalue weighted by molar-refractivity contribution is 8.00. The maximum absolute atomic E-state index is 11.9. The number of carbonyl (C=O) groups is 2. The molecule has 0 aromatic carbocycles. The summed E-state index contributed by atoms with van der Waals surface area (Å²) in [7, 11) is 0. The molecule has 1 aromatic rings. The van der Waals surface area contributed by atoms with Gasteiger partial charge in [0.2, 0.25) is 5.91 Å². The van der Waals surface area contributed by atoms with Crippen LogP contribution in [-0.2, 0) is 16.1 Å². The van der Waals surface area contributed by atoms with Crippen LogP contribution in [-0.4, -0.2) is 38.9 Å². The number of carboxylic acids is 1. The van der Waals surface area contributed by atoms with Crippen molar-refractivity contribution in [2.45, 2.75) is 31.8 Å². The molecule has 116 valence electrons. The molecule has 2 atom stereocenters. The first-order valence-electron chi connectivity index (χ1n) is 6.86. The van der Waals surface area contributed by atoms with Crippen LogP contribution in [0.25, 0.3) is 0 Å². The number of nitrogens with two attached hydrogens (primary N) is 1. The second-order valence-electron chi connectivity index (χ2n) is 5.50. The second-order valence-corrected chi connectivity index (χ2v) is 6.61. The topological polar surface area (TPSA) is 103 Å². The van der Waals surface area contributed by atoms with Crippen molar-refractivity contribution < 1.29 is 19.3 Å². The lowest BCUT2D eigenvalue weighted by molar-refractivity contribution is -0.690. The molecule has 2 aliphatic rings. The zero-order valence-electron chi connectivity index (χ0n) is 12.3. The summed E-state index contributed by atoms with van der Waals surface area (Å²) in [4.78, 5) is 28.9. The van der Waals surface area contributed by atoms with Gasteiger partial charge in [-0.3, -0.25) is 9.69 Å². The summed E-state index contributed by atoms with van der Waals surface area (Å²) >= 11 is 1.48. The van der Waals surface area contributed by atoms with Crippen molar-refractivity contribution in [3.8, 4) is 0 Å². The van der Waals surface area contributed by atoms with E-state index in [0.717, 1.165) is 11.4 Å². The molecule has 7 nitrogen and oxygen atoms in total. The lowest BCUT2D eigenvalue weighted by atomic mass is 10.0. The van der Waals surface area contributed by atoms with E-state index in [1.807, 2.05) is 30.8 Å². The maximum atomic E-state index is 11.9. The lowest BCUT2D eigenvalue weighted by Gasteiger charge is -2.49. The molecule has 2 aliphatic heterocycles. The second kappa shape index (κ2) is 5.36. The van der Waals surface area contributed by atoms with Crippen molar-refractivity contribution in [2.75, 3.05) is 5.75 Å². The molecule has 3 rings (SSSR count). The van der Waals surface area contributed by atoms with Crippen LogP contribution in [0.15, 0.2) is 23.7 Å². The molecule has 0 radical (unpaired) electrons. The number of hydrogen-bond acceptors (Lipinski definition) is 6. The van der Waals surface area contributed by atoms with Crippen LogP contribution in [0.4, 0.5) is 0 Å². The van der Waals surface area contributed by atoms with Gasteiger partial charge in [-0.2, -0.15) is 4.57 Å². The summed E-state index contributed by atoms with van der Waals surface area (Å²) in [6.45, 7) is 4.13. The van der Waals surface area contributed by atoms with E-state index in [1.165, 1.54) is 16.7 Å². The monoisotopic (exact) mass is 320 g/mol. The van der Waals surface area contributed by atoms with Gasteiger partial charge in [0.1, 0.15) is 22.8 Å². The van der Waals surface area contributed by atoms with E-state index in [1.54, 1.807) is 0 Å². The largest absolute Gasteiger partial charge is 0.543 e. The van der Waals surface area contributed by atoms with Gasteiger partial charge in [-0.1, -0.05) is 0 Å². The molecular weight excluding hydrogens is 304 g/mol. The third-order valence-corrected chi connectivity index (χ3v) is 5.07. The molecule has 1 fully saturated rings. The van der Waals surface area contributed by atoms with E-state index >= 15 is 0 Å². The van der Waals surface area contributed by atoms with E-state index < -0.39 is 12.0 Å². The summed E-state index contributed by atoms with van der Waals surface area (Å²) < 4.78 is 1.88. The Bertz CT molecular complexity index is 683. The van der Waals surface area contributed by atoms with Crippen LogP contribution >= 0.6 is 11.8 Å². The fourth-order valence-electron chi connectivity index (χ4n) is 2.85. The van der Waals surface area contributed by atoms with Gasteiger partial charge in [0.15, 0.2) is 18.9 Å². The van der Waals surface area contributed by atoms with Crippen molar-refractivity contribution in [1.82, 2.24) is 9.88 Å². The molecule has 3 heterocycles. The van der Waals surface area contributed by atoms with Crippen LogP contribution in [0.1, 0.15) is 11.4 Å². The average Bonchev–Trinajstić information content (AvgIpc) is 2.44. The van der Waals surface area contributed by atoms with Crippen LogP contribution < -0.4 is 15.4 Å². The number of amides is 1. The van der Waals surface area contributed by atoms with Crippen LogP contribution in [0.3, 0.4) is 0 Å². The van der Waals surface area contributed by atoms with Crippen LogP contribution in [0.5, 0.6) is 0 Å². The number of aliphatic carboxylic acids is 1. The van der Waals surface area contributed by atoms with Gasteiger partial charge < -0.3 is 15.6 Å². The maximum Gasteiger partial charge on any atom is 0.248 e. The highest BCUT2D eigenvalue weighted by Gasteiger charge is 2.50. The summed E-state index contributed by atoms with van der Waals surface area (Å²) in [5.41, 5.74) is 8.03. The number of β-lactam (4-membered cyclic amide) rings is 1. The quantitative estimate of drug-likeness (QED) is 0.522. The summed E-state index contributed by atoms with van der Waals surface area (Å²) in [6, 6.07) is -0.626. The number of nitrogens with zero attached hydrogens (tertiary/aromatic N) is 3. The normalized spacial score (nSPS) is 24.1. The molecule has 2 N–H and O–H groups in total. The smallest absolute Gasteiger partial charge is 0.248 e. The molecule has 1 unspecified atom stereocenters. The number of fused-ring (bicyclic) bond motifs is 1. The molecule has 1 saturated heterocycles. The van der Waals surface area contributed by atoms with Crippen molar-refractivity contribution in [3.63, 3.8) is 0 Å². The number of aromatic nitrogens is 2. The Morgan fingerprint density at radius 1 is 1.50 bits per heavy atom. The first-order valence-corrected chi connectivity index (χ1v) is 7.91. The van der Waals surface area contributed by atoms with Crippen molar-refractivity contribution in [2.24, 2.45) is 5.73 Å². The zero-order chi connectivity index (χ0) is 16.0.